The molecule has 1 saturated carbocycles. The highest BCUT2D eigenvalue weighted by Crippen LogP contribution is 2.28. The molecule has 0 spiro atoms. The Balaban J connectivity index is 0.00000312. The van der Waals surface area contributed by atoms with Crippen molar-refractivity contribution in [2.75, 3.05) is 19.0 Å². The number of amides is 2. The van der Waals surface area contributed by atoms with Gasteiger partial charge in [-0.05, 0) is 37.1 Å². The molecule has 138 valence electrons. The molecule has 2 rings (SSSR count). The molecule has 7 nitrogen and oxygen atoms in total. The molecule has 1 aliphatic rings. The van der Waals surface area contributed by atoms with Crippen LogP contribution in [0.3, 0.4) is 0 Å². The molecule has 1 fully saturated rings. The fraction of sp³-hybridized carbons (Fsp3) is 0.471. The molecule has 0 unspecified atom stereocenters. The first-order valence-corrected chi connectivity index (χ1v) is 8.00. The van der Waals surface area contributed by atoms with Gasteiger partial charge in [0.15, 0.2) is 0 Å². The van der Waals surface area contributed by atoms with Gasteiger partial charge in [0.1, 0.15) is 0 Å². The number of rotatable bonds is 6. The topological polar surface area (TPSA) is 111 Å². The lowest BCUT2D eigenvalue weighted by molar-refractivity contribution is -0.140. The average Bonchev–Trinajstić information content (AvgIpc) is 3.03. The Morgan fingerprint density at radius 3 is 2.32 bits per heavy atom. The summed E-state index contributed by atoms with van der Waals surface area (Å²) in [5, 5.41) is 5.43. The van der Waals surface area contributed by atoms with Crippen molar-refractivity contribution in [2.45, 2.75) is 37.6 Å². The number of anilines is 1. The molecule has 0 atom stereocenters. The van der Waals surface area contributed by atoms with Gasteiger partial charge in [0, 0.05) is 17.8 Å². The van der Waals surface area contributed by atoms with Crippen LogP contribution in [0, 0.1) is 0 Å². The zero-order valence-corrected chi connectivity index (χ0v) is 15.0. The Kier molecular flexibility index (Phi) is 7.86. The summed E-state index contributed by atoms with van der Waals surface area (Å²) in [4.78, 5) is 35.2. The number of nitrogens with one attached hydrogen (secondary N) is 2. The molecule has 8 heteroatoms. The van der Waals surface area contributed by atoms with Crippen LogP contribution in [-0.2, 0) is 14.3 Å². The maximum Gasteiger partial charge on any atom is 0.307 e. The number of methoxy groups -OCH3 is 1. The van der Waals surface area contributed by atoms with E-state index in [2.05, 4.69) is 15.4 Å². The zero-order valence-electron chi connectivity index (χ0n) is 14.2. The first-order valence-electron chi connectivity index (χ1n) is 8.00. The van der Waals surface area contributed by atoms with E-state index in [1.807, 2.05) is 0 Å². The van der Waals surface area contributed by atoms with Gasteiger partial charge in [-0.2, -0.15) is 0 Å². The van der Waals surface area contributed by atoms with Gasteiger partial charge in [-0.15, -0.1) is 12.4 Å². The molecular formula is C17H24ClN3O4. The van der Waals surface area contributed by atoms with E-state index in [4.69, 9.17) is 5.73 Å². The van der Waals surface area contributed by atoms with Gasteiger partial charge in [-0.25, -0.2) is 0 Å². The molecule has 0 radical (unpaired) electrons. The Bertz CT molecular complexity index is 613. The van der Waals surface area contributed by atoms with Crippen LogP contribution in [0.1, 0.15) is 42.5 Å². The Morgan fingerprint density at radius 1 is 1.16 bits per heavy atom. The lowest BCUT2D eigenvalue weighted by Crippen LogP contribution is -2.48. The summed E-state index contributed by atoms with van der Waals surface area (Å²) in [6.45, 7) is 0.208. The third-order valence-corrected chi connectivity index (χ3v) is 4.20. The Labute approximate surface area is 153 Å². The molecule has 2 amide bonds. The normalized spacial score (nSPS) is 15.0. The summed E-state index contributed by atoms with van der Waals surface area (Å²) in [6, 6.07) is 6.54. The Morgan fingerprint density at radius 2 is 1.76 bits per heavy atom. The van der Waals surface area contributed by atoms with Crippen molar-refractivity contribution in [1.29, 1.82) is 0 Å². The molecule has 4 N–H and O–H groups in total. The van der Waals surface area contributed by atoms with Crippen LogP contribution in [0.4, 0.5) is 5.69 Å². The summed E-state index contributed by atoms with van der Waals surface area (Å²) >= 11 is 0. The van der Waals surface area contributed by atoms with Crippen LogP contribution >= 0.6 is 12.4 Å². The molecule has 0 saturated heterocycles. The molecule has 1 aromatic carbocycles. The fourth-order valence-corrected chi connectivity index (χ4v) is 2.68. The monoisotopic (exact) mass is 369 g/mol. The smallest absolute Gasteiger partial charge is 0.307 e. The molecule has 0 aliphatic heterocycles. The minimum absolute atomic E-state index is 0. The number of halogens is 1. The minimum Gasteiger partial charge on any atom is -0.469 e. The van der Waals surface area contributed by atoms with Crippen LogP contribution in [0.5, 0.6) is 0 Å². The lowest BCUT2D eigenvalue weighted by Gasteiger charge is -2.22. The summed E-state index contributed by atoms with van der Waals surface area (Å²) < 4.78 is 4.50. The van der Waals surface area contributed by atoms with E-state index in [0.29, 0.717) is 24.1 Å². The maximum atomic E-state index is 12.2. The SMILES string of the molecule is COC(=O)CCNC(=O)c1ccc(NC(=O)C2(N)CCCC2)cc1.Cl. The van der Waals surface area contributed by atoms with E-state index >= 15 is 0 Å². The second-order valence-corrected chi connectivity index (χ2v) is 5.98. The van der Waals surface area contributed by atoms with E-state index in [9.17, 15) is 14.4 Å². The number of hydrogen-bond acceptors (Lipinski definition) is 5. The second kappa shape index (κ2) is 9.39. The van der Waals surface area contributed by atoms with E-state index in [1.165, 1.54) is 7.11 Å². The summed E-state index contributed by atoms with van der Waals surface area (Å²) in [7, 11) is 1.30. The molecular weight excluding hydrogens is 346 g/mol. The van der Waals surface area contributed by atoms with E-state index in [1.54, 1.807) is 24.3 Å². The first kappa shape index (κ1) is 20.9. The second-order valence-electron chi connectivity index (χ2n) is 5.98. The zero-order chi connectivity index (χ0) is 17.6. The predicted molar refractivity (Wildman–Crippen MR) is 96.7 cm³/mol. The van der Waals surface area contributed by atoms with E-state index in [-0.39, 0.29) is 43.2 Å². The van der Waals surface area contributed by atoms with Gasteiger partial charge in [-0.3, -0.25) is 14.4 Å². The molecule has 0 aromatic heterocycles. The van der Waals surface area contributed by atoms with Gasteiger partial charge < -0.3 is 21.1 Å². The van der Waals surface area contributed by atoms with Gasteiger partial charge >= 0.3 is 5.97 Å². The van der Waals surface area contributed by atoms with Crippen LogP contribution in [0.2, 0.25) is 0 Å². The van der Waals surface area contributed by atoms with Crippen LogP contribution in [0.15, 0.2) is 24.3 Å². The number of ether oxygens (including phenoxy) is 1. The van der Waals surface area contributed by atoms with Gasteiger partial charge in [-0.1, -0.05) is 12.8 Å². The van der Waals surface area contributed by atoms with Gasteiger partial charge in [0.25, 0.3) is 5.91 Å². The first-order chi connectivity index (χ1) is 11.4. The number of carbonyl (C=O) groups excluding carboxylic acids is 3. The quantitative estimate of drug-likeness (QED) is 0.660. The average molecular weight is 370 g/mol. The number of carbonyl (C=O) groups is 3. The van der Waals surface area contributed by atoms with Crippen LogP contribution < -0.4 is 16.4 Å². The molecule has 0 bridgehead atoms. The van der Waals surface area contributed by atoms with Crippen LogP contribution in [-0.4, -0.2) is 37.0 Å². The summed E-state index contributed by atoms with van der Waals surface area (Å²) in [6.07, 6.45) is 3.44. The van der Waals surface area contributed by atoms with Gasteiger partial charge in [0.05, 0.1) is 19.1 Å². The molecule has 0 heterocycles. The molecule has 1 aromatic rings. The standard InChI is InChI=1S/C17H23N3O4.ClH/c1-24-14(21)8-11-19-15(22)12-4-6-13(7-5-12)20-16(23)17(18)9-2-3-10-17;/h4-7H,2-3,8-11,18H2,1H3,(H,19,22)(H,20,23);1H. The lowest BCUT2D eigenvalue weighted by atomic mass is 9.98. The van der Waals surface area contributed by atoms with Crippen molar-refractivity contribution in [1.82, 2.24) is 5.32 Å². The third kappa shape index (κ3) is 5.72. The highest BCUT2D eigenvalue weighted by Gasteiger charge is 2.36. The highest BCUT2D eigenvalue weighted by molar-refractivity contribution is 5.99. The van der Waals surface area contributed by atoms with Crippen LogP contribution in [0.25, 0.3) is 0 Å². The Hall–Kier alpha value is -2.12. The van der Waals surface area contributed by atoms with Crippen molar-refractivity contribution >= 4 is 35.9 Å². The number of hydrogen-bond donors (Lipinski definition) is 3. The van der Waals surface area contributed by atoms with Crippen molar-refractivity contribution < 1.29 is 19.1 Å². The fourth-order valence-electron chi connectivity index (χ4n) is 2.68. The molecule has 1 aliphatic carbocycles. The summed E-state index contributed by atoms with van der Waals surface area (Å²) in [5.41, 5.74) is 6.36. The van der Waals surface area contributed by atoms with E-state index in [0.717, 1.165) is 12.8 Å². The number of esters is 1. The third-order valence-electron chi connectivity index (χ3n) is 4.20. The summed E-state index contributed by atoms with van der Waals surface area (Å²) in [5.74, 6) is -0.853. The van der Waals surface area contributed by atoms with E-state index < -0.39 is 5.54 Å². The van der Waals surface area contributed by atoms with Gasteiger partial charge in [0.2, 0.25) is 5.91 Å². The van der Waals surface area contributed by atoms with Crippen molar-refractivity contribution in [2.24, 2.45) is 5.73 Å². The highest BCUT2D eigenvalue weighted by atomic mass is 35.5. The predicted octanol–water partition coefficient (Wildman–Crippen LogP) is 1.61. The number of nitrogens with two attached hydrogens (primary N) is 1. The van der Waals surface area contributed by atoms with Crippen molar-refractivity contribution in [3.63, 3.8) is 0 Å². The number of benzene rings is 1. The maximum absolute atomic E-state index is 12.2. The largest absolute Gasteiger partial charge is 0.469 e. The molecule has 25 heavy (non-hydrogen) atoms. The minimum atomic E-state index is -0.788. The van der Waals surface area contributed by atoms with Crippen molar-refractivity contribution in [3.8, 4) is 0 Å². The van der Waals surface area contributed by atoms with Crippen molar-refractivity contribution in [3.05, 3.63) is 29.8 Å².